The summed E-state index contributed by atoms with van der Waals surface area (Å²) in [5.41, 5.74) is -1.22. The number of carbonyl (C=O) groups is 1. The standard InChI is InChI=1S/C13H25NO3S/c1-12(2,3)17-11(15)14(10-8-18-9-10)7-6-13(4,5)16/h10,16H,6-9H2,1-5H3. The maximum atomic E-state index is 12.1. The van der Waals surface area contributed by atoms with Gasteiger partial charge in [0.15, 0.2) is 0 Å². The first-order chi connectivity index (χ1) is 8.08. The summed E-state index contributed by atoms with van der Waals surface area (Å²) in [6.45, 7) is 9.67. The fourth-order valence-corrected chi connectivity index (χ4v) is 2.35. The van der Waals surface area contributed by atoms with Crippen molar-refractivity contribution in [2.24, 2.45) is 0 Å². The highest BCUT2D eigenvalue weighted by molar-refractivity contribution is 8.00. The molecule has 106 valence electrons. The second-order valence-corrected chi connectivity index (χ2v) is 7.50. The lowest BCUT2D eigenvalue weighted by Gasteiger charge is -2.38. The van der Waals surface area contributed by atoms with Gasteiger partial charge in [0.05, 0.1) is 11.6 Å². The van der Waals surface area contributed by atoms with E-state index in [0.717, 1.165) is 11.5 Å². The van der Waals surface area contributed by atoms with Crippen molar-refractivity contribution < 1.29 is 14.6 Å². The Labute approximate surface area is 114 Å². The number of amides is 1. The largest absolute Gasteiger partial charge is 0.444 e. The Kier molecular flexibility index (Phi) is 4.95. The number of rotatable bonds is 4. The van der Waals surface area contributed by atoms with Crippen LogP contribution in [0.1, 0.15) is 41.0 Å². The second-order valence-electron chi connectivity index (χ2n) is 6.43. The molecule has 0 aromatic rings. The van der Waals surface area contributed by atoms with E-state index in [1.54, 1.807) is 18.7 Å². The van der Waals surface area contributed by atoms with Crippen LogP contribution in [0.2, 0.25) is 0 Å². The molecule has 0 radical (unpaired) electrons. The van der Waals surface area contributed by atoms with E-state index in [1.165, 1.54) is 0 Å². The van der Waals surface area contributed by atoms with Crippen LogP contribution in [-0.4, -0.2) is 51.4 Å². The van der Waals surface area contributed by atoms with Crippen molar-refractivity contribution in [1.29, 1.82) is 0 Å². The van der Waals surface area contributed by atoms with Crippen LogP contribution < -0.4 is 0 Å². The molecule has 0 saturated carbocycles. The van der Waals surface area contributed by atoms with E-state index >= 15 is 0 Å². The SMILES string of the molecule is CC(C)(O)CCN(C(=O)OC(C)(C)C)C1CSC1. The third-order valence-corrected chi connectivity index (χ3v) is 3.89. The molecule has 1 amide bonds. The summed E-state index contributed by atoms with van der Waals surface area (Å²) in [5, 5.41) is 9.77. The fraction of sp³-hybridized carbons (Fsp3) is 0.923. The van der Waals surface area contributed by atoms with E-state index in [-0.39, 0.29) is 12.1 Å². The van der Waals surface area contributed by atoms with Gasteiger partial charge in [-0.1, -0.05) is 0 Å². The molecule has 5 heteroatoms. The van der Waals surface area contributed by atoms with Crippen LogP contribution >= 0.6 is 11.8 Å². The van der Waals surface area contributed by atoms with Crippen LogP contribution in [0.25, 0.3) is 0 Å². The average Bonchev–Trinajstić information content (AvgIpc) is 2.03. The minimum absolute atomic E-state index is 0.257. The van der Waals surface area contributed by atoms with Crippen LogP contribution in [0.5, 0.6) is 0 Å². The lowest BCUT2D eigenvalue weighted by atomic mass is 10.1. The zero-order valence-corrected chi connectivity index (χ0v) is 12.8. The Balaban J connectivity index is 2.58. The second kappa shape index (κ2) is 5.70. The molecule has 0 unspecified atom stereocenters. The number of ether oxygens (including phenoxy) is 1. The van der Waals surface area contributed by atoms with Crippen molar-refractivity contribution >= 4 is 17.9 Å². The van der Waals surface area contributed by atoms with Crippen LogP contribution in [0.4, 0.5) is 4.79 Å². The van der Waals surface area contributed by atoms with Gasteiger partial charge in [0.2, 0.25) is 0 Å². The van der Waals surface area contributed by atoms with Gasteiger partial charge in [0, 0.05) is 18.1 Å². The van der Waals surface area contributed by atoms with Gasteiger partial charge in [-0.2, -0.15) is 11.8 Å². The molecule has 0 bridgehead atoms. The van der Waals surface area contributed by atoms with Gasteiger partial charge < -0.3 is 14.7 Å². The van der Waals surface area contributed by atoms with Gasteiger partial charge in [-0.25, -0.2) is 4.79 Å². The van der Waals surface area contributed by atoms with Crippen molar-refractivity contribution in [2.75, 3.05) is 18.1 Å². The van der Waals surface area contributed by atoms with Crippen LogP contribution in [-0.2, 0) is 4.74 Å². The molecular formula is C13H25NO3S. The van der Waals surface area contributed by atoms with E-state index in [4.69, 9.17) is 4.74 Å². The molecule has 1 saturated heterocycles. The maximum Gasteiger partial charge on any atom is 0.410 e. The van der Waals surface area contributed by atoms with Crippen molar-refractivity contribution in [2.45, 2.75) is 58.3 Å². The minimum Gasteiger partial charge on any atom is -0.444 e. The van der Waals surface area contributed by atoms with Crippen molar-refractivity contribution in [3.63, 3.8) is 0 Å². The molecule has 0 aliphatic carbocycles. The Morgan fingerprint density at radius 2 is 1.89 bits per heavy atom. The lowest BCUT2D eigenvalue weighted by Crippen LogP contribution is -2.50. The third kappa shape index (κ3) is 5.48. The Hall–Kier alpha value is -0.420. The first-order valence-corrected chi connectivity index (χ1v) is 7.54. The molecule has 0 atom stereocenters. The molecule has 0 aromatic heterocycles. The van der Waals surface area contributed by atoms with Crippen LogP contribution in [0.3, 0.4) is 0 Å². The molecule has 1 N–H and O–H groups in total. The molecule has 4 nitrogen and oxygen atoms in total. The highest BCUT2D eigenvalue weighted by Crippen LogP contribution is 2.26. The molecule has 1 heterocycles. The van der Waals surface area contributed by atoms with Crippen molar-refractivity contribution in [3.05, 3.63) is 0 Å². The summed E-state index contributed by atoms with van der Waals surface area (Å²) in [6.07, 6.45) is 0.296. The summed E-state index contributed by atoms with van der Waals surface area (Å²) in [6, 6.07) is 0.257. The quantitative estimate of drug-likeness (QED) is 0.856. The van der Waals surface area contributed by atoms with E-state index in [9.17, 15) is 9.90 Å². The molecular weight excluding hydrogens is 250 g/mol. The van der Waals surface area contributed by atoms with Gasteiger partial charge >= 0.3 is 6.09 Å². The normalized spacial score (nSPS) is 17.2. The van der Waals surface area contributed by atoms with Gasteiger partial charge in [-0.05, 0) is 41.0 Å². The summed E-state index contributed by atoms with van der Waals surface area (Å²) >= 11 is 1.83. The summed E-state index contributed by atoms with van der Waals surface area (Å²) in [7, 11) is 0. The Bertz CT molecular complexity index is 290. The van der Waals surface area contributed by atoms with Gasteiger partial charge in [0.25, 0.3) is 0 Å². The molecule has 1 rings (SSSR count). The predicted molar refractivity (Wildman–Crippen MR) is 75.0 cm³/mol. The summed E-state index contributed by atoms with van der Waals surface area (Å²) in [4.78, 5) is 13.9. The first-order valence-electron chi connectivity index (χ1n) is 6.38. The van der Waals surface area contributed by atoms with E-state index < -0.39 is 11.2 Å². The van der Waals surface area contributed by atoms with Gasteiger partial charge in [0.1, 0.15) is 5.60 Å². The minimum atomic E-state index is -0.753. The van der Waals surface area contributed by atoms with Gasteiger partial charge in [-0.3, -0.25) is 0 Å². The third-order valence-electron chi connectivity index (χ3n) is 2.65. The smallest absolute Gasteiger partial charge is 0.410 e. The molecule has 0 spiro atoms. The zero-order chi connectivity index (χ0) is 14.0. The Morgan fingerprint density at radius 3 is 2.22 bits per heavy atom. The van der Waals surface area contributed by atoms with Crippen LogP contribution in [0.15, 0.2) is 0 Å². The summed E-state index contributed by atoms with van der Waals surface area (Å²) < 4.78 is 5.42. The topological polar surface area (TPSA) is 49.8 Å². The zero-order valence-electron chi connectivity index (χ0n) is 12.0. The van der Waals surface area contributed by atoms with Crippen LogP contribution in [0, 0.1) is 0 Å². The average molecular weight is 275 g/mol. The number of hydrogen-bond acceptors (Lipinski definition) is 4. The van der Waals surface area contributed by atoms with E-state index in [2.05, 4.69) is 0 Å². The van der Waals surface area contributed by atoms with Crippen molar-refractivity contribution in [1.82, 2.24) is 4.90 Å². The molecule has 1 fully saturated rings. The number of carbonyl (C=O) groups excluding carboxylic acids is 1. The molecule has 18 heavy (non-hydrogen) atoms. The summed E-state index contributed by atoms with van der Waals surface area (Å²) in [5.74, 6) is 1.93. The Morgan fingerprint density at radius 1 is 1.33 bits per heavy atom. The number of nitrogens with zero attached hydrogens (tertiary/aromatic N) is 1. The maximum absolute atomic E-state index is 12.1. The molecule has 1 aliphatic rings. The first kappa shape index (κ1) is 15.6. The highest BCUT2D eigenvalue weighted by Gasteiger charge is 2.33. The number of thioether (sulfide) groups is 1. The van der Waals surface area contributed by atoms with Gasteiger partial charge in [-0.15, -0.1) is 0 Å². The van der Waals surface area contributed by atoms with E-state index in [1.807, 2.05) is 32.5 Å². The fourth-order valence-electron chi connectivity index (χ4n) is 1.54. The monoisotopic (exact) mass is 275 g/mol. The van der Waals surface area contributed by atoms with Crippen molar-refractivity contribution in [3.8, 4) is 0 Å². The molecule has 0 aromatic carbocycles. The number of hydrogen-bond donors (Lipinski definition) is 1. The number of aliphatic hydroxyl groups is 1. The molecule has 1 aliphatic heterocycles. The highest BCUT2D eigenvalue weighted by atomic mass is 32.2. The lowest BCUT2D eigenvalue weighted by molar-refractivity contribution is 0.00911. The predicted octanol–water partition coefficient (Wildman–Crippen LogP) is 2.50. The van der Waals surface area contributed by atoms with E-state index in [0.29, 0.717) is 13.0 Å².